The summed E-state index contributed by atoms with van der Waals surface area (Å²) in [5.41, 5.74) is 0.568. The summed E-state index contributed by atoms with van der Waals surface area (Å²) >= 11 is 0. The van der Waals surface area contributed by atoms with Crippen LogP contribution in [0.25, 0.3) is 0 Å². The zero-order valence-electron chi connectivity index (χ0n) is 48.8. The summed E-state index contributed by atoms with van der Waals surface area (Å²) in [6, 6.07) is -2.18. The molecule has 22 nitrogen and oxygen atoms in total. The lowest BCUT2D eigenvalue weighted by Gasteiger charge is -2.36. The number of ketones is 1. The highest BCUT2D eigenvalue weighted by atomic mass is 16.6. The van der Waals surface area contributed by atoms with Crippen molar-refractivity contribution in [1.82, 2.24) is 30.7 Å². The minimum atomic E-state index is -1.77. The summed E-state index contributed by atoms with van der Waals surface area (Å²) in [6.45, 7) is 18.0. The highest BCUT2D eigenvalue weighted by molar-refractivity contribution is 6.05. The molecule has 4 rings (SSSR count). The van der Waals surface area contributed by atoms with Crippen LogP contribution in [0.15, 0.2) is 24.3 Å². The molecule has 2 saturated heterocycles. The lowest BCUT2D eigenvalue weighted by Crippen LogP contribution is -2.62. The van der Waals surface area contributed by atoms with Crippen molar-refractivity contribution in [3.63, 3.8) is 0 Å². The Balaban J connectivity index is 1.89. The summed E-state index contributed by atoms with van der Waals surface area (Å²) in [5, 5.41) is 20.1. The fourth-order valence-corrected chi connectivity index (χ4v) is 10.8. The van der Waals surface area contributed by atoms with Crippen LogP contribution >= 0.6 is 0 Å². The van der Waals surface area contributed by atoms with E-state index in [1.165, 1.54) is 49.8 Å². The van der Waals surface area contributed by atoms with Gasteiger partial charge in [-0.25, -0.2) is 9.59 Å². The monoisotopic (exact) mass is 1110 g/mol. The molecule has 1 saturated carbocycles. The number of aliphatic hydroxyl groups is 1. The first kappa shape index (κ1) is 65.2. The van der Waals surface area contributed by atoms with Crippen molar-refractivity contribution in [2.75, 3.05) is 27.7 Å². The fraction of sp³-hybridized carbons (Fsp3) is 0.719. The second kappa shape index (κ2) is 29.2. The normalized spacial score (nSPS) is 28.1. The van der Waals surface area contributed by atoms with Crippen molar-refractivity contribution in [1.29, 1.82) is 0 Å². The van der Waals surface area contributed by atoms with E-state index < -0.39 is 150 Å². The van der Waals surface area contributed by atoms with Crippen LogP contribution in [-0.4, -0.2) is 172 Å². The van der Waals surface area contributed by atoms with Crippen LogP contribution in [-0.2, 0) is 63.8 Å². The Kier molecular flexibility index (Phi) is 24.1. The van der Waals surface area contributed by atoms with Crippen molar-refractivity contribution in [2.45, 2.75) is 201 Å². The van der Waals surface area contributed by atoms with E-state index in [2.05, 4.69) is 16.0 Å². The molecule has 3 fully saturated rings. The maximum Gasteiger partial charge on any atom is 0.430 e. The number of nitrogens with zero attached hydrogens (tertiary/aromatic N) is 4. The Morgan fingerprint density at radius 3 is 2.10 bits per heavy atom. The molecule has 440 valence electrons. The summed E-state index contributed by atoms with van der Waals surface area (Å²) in [6.07, 6.45) is -3.34. The third-order valence-electron chi connectivity index (χ3n) is 15.7. The van der Waals surface area contributed by atoms with E-state index >= 15 is 4.79 Å². The van der Waals surface area contributed by atoms with Gasteiger partial charge in [0.05, 0.1) is 43.3 Å². The number of rotatable bonds is 15. The van der Waals surface area contributed by atoms with Gasteiger partial charge < -0.3 is 50.0 Å². The number of hydrogen-bond acceptors (Lipinski definition) is 15. The van der Waals surface area contributed by atoms with Gasteiger partial charge in [-0.2, -0.15) is 0 Å². The predicted octanol–water partition coefficient (Wildman–Crippen LogP) is 3.44. The van der Waals surface area contributed by atoms with Gasteiger partial charge in [0.2, 0.25) is 41.5 Å². The van der Waals surface area contributed by atoms with Gasteiger partial charge in [0.25, 0.3) is 0 Å². The Hall–Kier alpha value is -6.32. The number of aliphatic hydroxyl groups excluding tert-OH is 1. The number of ether oxygens (including phenoxy) is 3. The lowest BCUT2D eigenvalue weighted by molar-refractivity contribution is -0.510. The Morgan fingerprint density at radius 2 is 1.53 bits per heavy atom. The molecule has 2 aliphatic heterocycles. The van der Waals surface area contributed by atoms with Crippen molar-refractivity contribution < 1.29 is 72.0 Å². The fourth-order valence-electron chi connectivity index (χ4n) is 10.8. The molecule has 4 unspecified atom stereocenters. The van der Waals surface area contributed by atoms with Gasteiger partial charge in [0.1, 0.15) is 48.0 Å². The van der Waals surface area contributed by atoms with E-state index in [1.807, 2.05) is 27.7 Å². The Labute approximate surface area is 465 Å². The van der Waals surface area contributed by atoms with Crippen molar-refractivity contribution in [3.8, 4) is 5.75 Å². The number of likely N-dealkylation sites (N-methyl/N-ethyl adjacent to an activating group) is 2. The highest BCUT2D eigenvalue weighted by Gasteiger charge is 2.49. The van der Waals surface area contributed by atoms with Crippen LogP contribution in [0.4, 0.5) is 0 Å². The van der Waals surface area contributed by atoms with Crippen LogP contribution in [0.5, 0.6) is 5.75 Å². The largest absolute Gasteiger partial charge is 0.497 e. The maximum atomic E-state index is 15.0. The molecule has 79 heavy (non-hydrogen) atoms. The number of nitroso groups, excluding NO2 is 1. The maximum absolute atomic E-state index is 15.0. The number of hydrogen-bond donors (Lipinski definition) is 4. The number of methoxy groups -OCH3 is 1. The molecule has 1 aromatic carbocycles. The molecule has 3 aliphatic rings. The number of esters is 2. The van der Waals surface area contributed by atoms with Crippen LogP contribution in [0.2, 0.25) is 0 Å². The molecule has 2 heterocycles. The zero-order valence-corrected chi connectivity index (χ0v) is 48.8. The van der Waals surface area contributed by atoms with Gasteiger partial charge in [-0.1, -0.05) is 73.9 Å². The molecule has 0 bridgehead atoms. The predicted molar refractivity (Wildman–Crippen MR) is 289 cm³/mol. The van der Waals surface area contributed by atoms with Gasteiger partial charge >= 0.3 is 17.8 Å². The zero-order chi connectivity index (χ0) is 59.3. The Morgan fingerprint density at radius 1 is 0.886 bits per heavy atom. The van der Waals surface area contributed by atoms with Crippen molar-refractivity contribution in [3.05, 3.63) is 34.7 Å². The molecule has 7 amide bonds. The molecule has 0 radical (unpaired) electrons. The third kappa shape index (κ3) is 16.9. The van der Waals surface area contributed by atoms with Crippen molar-refractivity contribution >= 4 is 59.1 Å². The average molecular weight is 1110 g/mol. The molecule has 22 heteroatoms. The topological polar surface area (TPSA) is 285 Å². The van der Waals surface area contributed by atoms with E-state index in [1.54, 1.807) is 52.0 Å². The molecular weight excluding hydrogens is 1020 g/mol. The SMILES string of the molecule is CCC(C)[C@H]1NC(=O)[C@@H](NC(=O)[C@@H](CC(C)C)N(C)C(=O)C2CCCC2[N+](=O)C(C)=O)[C@@H](C)OC(=O)C(Cc2ccc(OC)cc2)N(C)C(=O)[C@@H]2CCCN2C(=O)[C@H](CC(C)C)NC(=O)[C@@H](C)C(=O)[C@H](C(C)C)OC(=O)C[C@@H]1O. The quantitative estimate of drug-likeness (QED) is 0.111. The van der Waals surface area contributed by atoms with E-state index in [9.17, 15) is 53.2 Å². The molecule has 4 N–H and O–H groups in total. The number of nitrogens with one attached hydrogen (secondary N) is 3. The average Bonchev–Trinajstić information content (AvgIpc) is 4.13. The standard InChI is InChI=1S/C57H87N7O15/c1-15-33(8)47-45(66)29-46(67)79-50(32(6)7)49(68)34(9)51(69)58-40(26-30(2)3)55(73)63-25-17-20-42(63)56(74)62(13)44(28-37-21-23-38(77-14)24-22-37)57(75)78-35(10)48(53(71)59-47)60-52(70)43(27-31(4)5)61(12)54(72)39-18-16-19-41(39)64(76)36(11)65/h21-24,30-35,39-45,47-48,50,66H,15-20,25-29H2,1-14H3,(H2-,58,59,60,69,70,71)/p+1/t33?,34-,35+,39?,40-,41?,42-,43+,44?,45-,47+,48-,50-/m0/s1. The number of benzene rings is 1. The summed E-state index contributed by atoms with van der Waals surface area (Å²) in [4.78, 5) is 159. The van der Waals surface area contributed by atoms with Gasteiger partial charge in [-0.05, 0) is 93.7 Å². The van der Waals surface area contributed by atoms with E-state index in [4.69, 9.17) is 14.2 Å². The van der Waals surface area contributed by atoms with E-state index in [0.717, 1.165) is 6.92 Å². The van der Waals surface area contributed by atoms with E-state index in [-0.39, 0.29) is 56.9 Å². The van der Waals surface area contributed by atoms with Gasteiger partial charge in [-0.15, -0.1) is 0 Å². The Bertz CT molecular complexity index is 2380. The molecule has 0 aromatic heterocycles. The number of amides is 7. The minimum Gasteiger partial charge on any atom is -0.497 e. The summed E-state index contributed by atoms with van der Waals surface area (Å²) in [7, 11) is 4.28. The van der Waals surface area contributed by atoms with Gasteiger partial charge in [0.15, 0.2) is 11.9 Å². The molecule has 1 aromatic rings. The number of fused-ring (bicyclic) bond motifs is 1. The first-order chi connectivity index (χ1) is 37.0. The van der Waals surface area contributed by atoms with E-state index in [0.29, 0.717) is 35.3 Å². The third-order valence-corrected chi connectivity index (χ3v) is 15.7. The second-order valence-corrected chi connectivity index (χ2v) is 23.0. The smallest absolute Gasteiger partial charge is 0.430 e. The number of carbonyl (C=O) groups is 10. The lowest BCUT2D eigenvalue weighted by atomic mass is 9.91. The molecule has 1 aliphatic carbocycles. The molecule has 0 spiro atoms. The van der Waals surface area contributed by atoms with Crippen LogP contribution in [0.3, 0.4) is 0 Å². The first-order valence-electron chi connectivity index (χ1n) is 28.0. The van der Waals surface area contributed by atoms with Crippen molar-refractivity contribution in [2.24, 2.45) is 35.5 Å². The molecule has 13 atom stereocenters. The second-order valence-electron chi connectivity index (χ2n) is 23.0. The molecular formula is C57H88N7O15+. The minimum absolute atomic E-state index is 0.0662. The first-order valence-corrected chi connectivity index (χ1v) is 28.0. The number of carbonyl (C=O) groups excluding carboxylic acids is 10. The van der Waals surface area contributed by atoms with Crippen LogP contribution in [0, 0.1) is 40.4 Å². The summed E-state index contributed by atoms with van der Waals surface area (Å²) < 4.78 is 17.5. The van der Waals surface area contributed by atoms with Crippen LogP contribution < -0.4 is 20.7 Å². The number of cyclic esters (lactones) is 2. The number of Topliss-reactive ketones (excluding diaryl/α,β-unsaturated/α-hetero) is 1. The van der Waals surface area contributed by atoms with Crippen LogP contribution in [0.1, 0.15) is 140 Å². The highest BCUT2D eigenvalue weighted by Crippen LogP contribution is 2.31. The van der Waals surface area contributed by atoms with Gasteiger partial charge in [-0.3, -0.25) is 38.4 Å². The van der Waals surface area contributed by atoms with Gasteiger partial charge in [0, 0.05) is 38.4 Å². The summed E-state index contributed by atoms with van der Waals surface area (Å²) in [5.74, 6) is -11.3.